The molecule has 0 unspecified atom stereocenters. The summed E-state index contributed by atoms with van der Waals surface area (Å²) in [5, 5.41) is 10.2. The van der Waals surface area contributed by atoms with Crippen molar-refractivity contribution >= 4 is 5.78 Å². The Balaban J connectivity index is 1.60. The minimum absolute atomic E-state index is 0.122. The van der Waals surface area contributed by atoms with E-state index in [1.54, 1.807) is 0 Å². The first kappa shape index (κ1) is 16.7. The molecular weight excluding hydrogens is 298 g/mol. The highest BCUT2D eigenvalue weighted by Gasteiger charge is 2.26. The van der Waals surface area contributed by atoms with Crippen molar-refractivity contribution in [3.8, 4) is 5.75 Å². The van der Waals surface area contributed by atoms with Crippen LogP contribution in [0.4, 0.5) is 0 Å². The molecule has 0 atom stereocenters. The number of likely N-dealkylation sites (tertiary alicyclic amines) is 1. The van der Waals surface area contributed by atoms with Gasteiger partial charge >= 0.3 is 0 Å². The van der Waals surface area contributed by atoms with Crippen LogP contribution in [0.5, 0.6) is 5.75 Å². The highest BCUT2D eigenvalue weighted by atomic mass is 16.3. The van der Waals surface area contributed by atoms with Gasteiger partial charge in [-0.3, -0.25) is 9.69 Å². The standard InChI is InChI=1S/C21H25NO2/c1-15-12-19(20(23)13-16(15)2)14-22-10-8-18(9-11-22)21(24)17-6-4-3-5-7-17/h3-7,12-13,18,23H,8-11,14H2,1-2H3. The summed E-state index contributed by atoms with van der Waals surface area (Å²) in [4.78, 5) is 14.9. The van der Waals surface area contributed by atoms with Crippen molar-refractivity contribution in [3.05, 3.63) is 64.7 Å². The van der Waals surface area contributed by atoms with E-state index in [-0.39, 0.29) is 11.7 Å². The molecule has 1 saturated heterocycles. The Kier molecular flexibility index (Phi) is 5.00. The average molecular weight is 323 g/mol. The number of aromatic hydroxyl groups is 1. The topological polar surface area (TPSA) is 40.5 Å². The van der Waals surface area contributed by atoms with E-state index in [0.29, 0.717) is 5.75 Å². The van der Waals surface area contributed by atoms with Crippen molar-refractivity contribution in [1.82, 2.24) is 4.90 Å². The maximum atomic E-state index is 12.5. The number of benzene rings is 2. The van der Waals surface area contributed by atoms with Crippen molar-refractivity contribution in [2.75, 3.05) is 13.1 Å². The SMILES string of the molecule is Cc1cc(O)c(CN2CCC(C(=O)c3ccccc3)CC2)cc1C. The predicted octanol–water partition coefficient (Wildman–Crippen LogP) is 4.10. The number of ketones is 1. The lowest BCUT2D eigenvalue weighted by Gasteiger charge is -2.31. The minimum Gasteiger partial charge on any atom is -0.508 e. The van der Waals surface area contributed by atoms with Gasteiger partial charge in [0.05, 0.1) is 0 Å². The van der Waals surface area contributed by atoms with Crippen molar-refractivity contribution in [2.24, 2.45) is 5.92 Å². The average Bonchev–Trinajstić information content (AvgIpc) is 2.60. The molecule has 0 spiro atoms. The molecule has 3 nitrogen and oxygen atoms in total. The van der Waals surface area contributed by atoms with Crippen LogP contribution in [0.1, 0.15) is 39.9 Å². The smallest absolute Gasteiger partial charge is 0.166 e. The van der Waals surface area contributed by atoms with Gasteiger partial charge in [0.15, 0.2) is 5.78 Å². The van der Waals surface area contributed by atoms with Gasteiger partial charge in [-0.05, 0) is 57.0 Å². The van der Waals surface area contributed by atoms with Crippen LogP contribution in [0.15, 0.2) is 42.5 Å². The van der Waals surface area contributed by atoms with Crippen molar-refractivity contribution in [2.45, 2.75) is 33.2 Å². The van der Waals surface area contributed by atoms with Crippen LogP contribution >= 0.6 is 0 Å². The lowest BCUT2D eigenvalue weighted by Crippen LogP contribution is -2.36. The molecule has 1 heterocycles. The van der Waals surface area contributed by atoms with Crippen LogP contribution in [0.3, 0.4) is 0 Å². The van der Waals surface area contributed by atoms with Crippen molar-refractivity contribution < 1.29 is 9.90 Å². The largest absolute Gasteiger partial charge is 0.508 e. The number of phenols is 1. The van der Waals surface area contributed by atoms with E-state index >= 15 is 0 Å². The predicted molar refractivity (Wildman–Crippen MR) is 96.4 cm³/mol. The van der Waals surface area contributed by atoms with Crippen molar-refractivity contribution in [1.29, 1.82) is 0 Å². The van der Waals surface area contributed by atoms with Crippen LogP contribution in [-0.4, -0.2) is 28.9 Å². The molecule has 1 aliphatic rings. The molecule has 0 radical (unpaired) electrons. The van der Waals surface area contributed by atoms with E-state index in [4.69, 9.17) is 0 Å². The fourth-order valence-corrected chi connectivity index (χ4v) is 3.42. The molecule has 3 heteroatoms. The van der Waals surface area contributed by atoms with Gasteiger partial charge in [0, 0.05) is 23.6 Å². The molecule has 126 valence electrons. The van der Waals surface area contributed by atoms with Gasteiger partial charge in [-0.2, -0.15) is 0 Å². The number of carbonyl (C=O) groups excluding carboxylic acids is 1. The molecule has 3 rings (SSSR count). The maximum Gasteiger partial charge on any atom is 0.166 e. The van der Waals surface area contributed by atoms with Gasteiger partial charge in [-0.15, -0.1) is 0 Å². The zero-order valence-corrected chi connectivity index (χ0v) is 14.5. The molecule has 0 aromatic heterocycles. The zero-order valence-electron chi connectivity index (χ0n) is 14.5. The second-order valence-electron chi connectivity index (χ2n) is 6.85. The van der Waals surface area contributed by atoms with E-state index < -0.39 is 0 Å². The first-order valence-electron chi connectivity index (χ1n) is 8.65. The lowest BCUT2D eigenvalue weighted by atomic mass is 9.88. The fourth-order valence-electron chi connectivity index (χ4n) is 3.42. The highest BCUT2D eigenvalue weighted by Crippen LogP contribution is 2.27. The molecule has 0 amide bonds. The van der Waals surface area contributed by atoms with Crippen LogP contribution in [0, 0.1) is 19.8 Å². The number of hydrogen-bond acceptors (Lipinski definition) is 3. The summed E-state index contributed by atoms with van der Waals surface area (Å²) in [6.45, 7) is 6.63. The number of aryl methyl sites for hydroxylation is 2. The minimum atomic E-state index is 0.122. The number of carbonyl (C=O) groups is 1. The molecule has 1 N–H and O–H groups in total. The molecule has 0 bridgehead atoms. The van der Waals surface area contributed by atoms with Crippen molar-refractivity contribution in [3.63, 3.8) is 0 Å². The third-order valence-electron chi connectivity index (χ3n) is 5.11. The highest BCUT2D eigenvalue weighted by molar-refractivity contribution is 5.97. The third kappa shape index (κ3) is 3.68. The third-order valence-corrected chi connectivity index (χ3v) is 5.11. The Morgan fingerprint density at radius 2 is 1.71 bits per heavy atom. The first-order chi connectivity index (χ1) is 11.5. The number of hydrogen-bond donors (Lipinski definition) is 1. The van der Waals surface area contributed by atoms with Gasteiger partial charge in [0.1, 0.15) is 5.75 Å². The quantitative estimate of drug-likeness (QED) is 0.861. The molecule has 24 heavy (non-hydrogen) atoms. The van der Waals surface area contributed by atoms with Gasteiger partial charge in [0.2, 0.25) is 0 Å². The fraction of sp³-hybridized carbons (Fsp3) is 0.381. The Morgan fingerprint density at radius 3 is 2.38 bits per heavy atom. The summed E-state index contributed by atoms with van der Waals surface area (Å²) in [7, 11) is 0. The van der Waals surface area contributed by atoms with Gasteiger partial charge < -0.3 is 5.11 Å². The maximum absolute atomic E-state index is 12.5. The first-order valence-corrected chi connectivity index (χ1v) is 8.65. The molecule has 1 aliphatic heterocycles. The van der Waals surface area contributed by atoms with Gasteiger partial charge in [0.25, 0.3) is 0 Å². The normalized spacial score (nSPS) is 16.2. The Morgan fingerprint density at radius 1 is 1.08 bits per heavy atom. The molecule has 2 aromatic rings. The Bertz CT molecular complexity index is 716. The summed E-state index contributed by atoms with van der Waals surface area (Å²) in [5.41, 5.74) is 4.12. The Hall–Kier alpha value is -2.13. The summed E-state index contributed by atoms with van der Waals surface area (Å²) in [6.07, 6.45) is 1.78. The number of phenolic OH excluding ortho intramolecular Hbond substituents is 1. The van der Waals surface area contributed by atoms with E-state index in [1.807, 2.05) is 43.3 Å². The monoisotopic (exact) mass is 323 g/mol. The molecule has 2 aromatic carbocycles. The summed E-state index contributed by atoms with van der Waals surface area (Å²) in [6, 6.07) is 13.5. The Labute approximate surface area is 143 Å². The summed E-state index contributed by atoms with van der Waals surface area (Å²) >= 11 is 0. The number of Topliss-reactive ketones (excluding diaryl/α,β-unsaturated/α-hetero) is 1. The molecule has 1 fully saturated rings. The van der Waals surface area contributed by atoms with Crippen LogP contribution < -0.4 is 0 Å². The van der Waals surface area contributed by atoms with Gasteiger partial charge in [-0.25, -0.2) is 0 Å². The van der Waals surface area contributed by atoms with Crippen LogP contribution in [-0.2, 0) is 6.54 Å². The van der Waals surface area contributed by atoms with Gasteiger partial charge in [-0.1, -0.05) is 36.4 Å². The lowest BCUT2D eigenvalue weighted by molar-refractivity contribution is 0.0834. The van der Waals surface area contributed by atoms with E-state index in [9.17, 15) is 9.90 Å². The number of rotatable bonds is 4. The van der Waals surface area contributed by atoms with E-state index in [0.717, 1.165) is 49.2 Å². The zero-order chi connectivity index (χ0) is 17.1. The molecule has 0 aliphatic carbocycles. The van der Waals surface area contributed by atoms with Crippen LogP contribution in [0.2, 0.25) is 0 Å². The second kappa shape index (κ2) is 7.18. The second-order valence-corrected chi connectivity index (χ2v) is 6.85. The number of nitrogens with zero attached hydrogens (tertiary/aromatic N) is 1. The van der Waals surface area contributed by atoms with E-state index in [1.165, 1.54) is 5.56 Å². The summed E-state index contributed by atoms with van der Waals surface area (Å²) in [5.74, 6) is 0.766. The summed E-state index contributed by atoms with van der Waals surface area (Å²) < 4.78 is 0. The van der Waals surface area contributed by atoms with Crippen LogP contribution in [0.25, 0.3) is 0 Å². The number of piperidine rings is 1. The molecule has 0 saturated carbocycles. The molecular formula is C21H25NO2. The van der Waals surface area contributed by atoms with E-state index in [2.05, 4.69) is 17.9 Å².